The highest BCUT2D eigenvalue weighted by atomic mass is 16.3. The molecule has 0 amide bonds. The van der Waals surface area contributed by atoms with Crippen LogP contribution in [0.15, 0.2) is 24.3 Å². The molecular weight excluding hydrogens is 260 g/mol. The molecular formula is C18H30N2O. The van der Waals surface area contributed by atoms with Gasteiger partial charge >= 0.3 is 0 Å². The van der Waals surface area contributed by atoms with Gasteiger partial charge in [-0.05, 0) is 69.8 Å². The topological polar surface area (TPSA) is 49.5 Å². The van der Waals surface area contributed by atoms with Gasteiger partial charge in [-0.3, -0.25) is 0 Å². The van der Waals surface area contributed by atoms with Crippen molar-refractivity contribution < 1.29 is 5.11 Å². The summed E-state index contributed by atoms with van der Waals surface area (Å²) in [6.45, 7) is 3.14. The summed E-state index contributed by atoms with van der Waals surface area (Å²) < 4.78 is 0. The molecule has 3 heteroatoms. The average molecular weight is 290 g/mol. The van der Waals surface area contributed by atoms with E-state index in [0.29, 0.717) is 23.8 Å². The van der Waals surface area contributed by atoms with Crippen LogP contribution < -0.4 is 5.73 Å². The molecule has 3 unspecified atom stereocenters. The lowest BCUT2D eigenvalue weighted by molar-refractivity contribution is 0.0952. The lowest BCUT2D eigenvalue weighted by Gasteiger charge is -2.40. The molecule has 2 rings (SSSR count). The van der Waals surface area contributed by atoms with E-state index in [1.165, 1.54) is 31.2 Å². The second kappa shape index (κ2) is 7.81. The Bertz CT molecular complexity index is 418. The van der Waals surface area contributed by atoms with Crippen molar-refractivity contribution in [2.75, 3.05) is 13.6 Å². The second-order valence-corrected chi connectivity index (χ2v) is 6.57. The maximum atomic E-state index is 9.33. The predicted octanol–water partition coefficient (Wildman–Crippen LogP) is 3.16. The van der Waals surface area contributed by atoms with Crippen LogP contribution in [0.1, 0.15) is 44.6 Å². The van der Waals surface area contributed by atoms with E-state index in [1.807, 2.05) is 12.1 Å². The van der Waals surface area contributed by atoms with Crippen molar-refractivity contribution in [3.05, 3.63) is 29.8 Å². The van der Waals surface area contributed by atoms with Gasteiger partial charge in [0.25, 0.3) is 0 Å². The minimum Gasteiger partial charge on any atom is -0.508 e. The van der Waals surface area contributed by atoms with Gasteiger partial charge < -0.3 is 15.7 Å². The monoisotopic (exact) mass is 290 g/mol. The van der Waals surface area contributed by atoms with Crippen LogP contribution in [0.25, 0.3) is 0 Å². The van der Waals surface area contributed by atoms with E-state index >= 15 is 0 Å². The first-order valence-corrected chi connectivity index (χ1v) is 8.31. The van der Waals surface area contributed by atoms with Gasteiger partial charge in [0, 0.05) is 12.1 Å². The van der Waals surface area contributed by atoms with Crippen molar-refractivity contribution in [2.24, 2.45) is 11.7 Å². The van der Waals surface area contributed by atoms with Crippen molar-refractivity contribution in [1.29, 1.82) is 0 Å². The normalized spacial score (nSPS) is 24.2. The number of hydrogen-bond donors (Lipinski definition) is 2. The number of nitrogens with zero attached hydrogens (tertiary/aromatic N) is 1. The summed E-state index contributed by atoms with van der Waals surface area (Å²) in [5.41, 5.74) is 7.26. The number of rotatable bonds is 6. The second-order valence-electron chi connectivity index (χ2n) is 6.57. The summed E-state index contributed by atoms with van der Waals surface area (Å²) in [5.74, 6) is 1.01. The first kappa shape index (κ1) is 16.3. The van der Waals surface area contributed by atoms with Gasteiger partial charge in [0.05, 0.1) is 0 Å². The zero-order chi connectivity index (χ0) is 15.2. The number of aryl methyl sites for hydroxylation is 1. The smallest absolute Gasteiger partial charge is 0.115 e. The Labute approximate surface area is 129 Å². The molecule has 0 heterocycles. The zero-order valence-corrected chi connectivity index (χ0v) is 13.5. The number of aromatic hydroxyl groups is 1. The van der Waals surface area contributed by atoms with Gasteiger partial charge in [-0.25, -0.2) is 0 Å². The van der Waals surface area contributed by atoms with Crippen molar-refractivity contribution >= 4 is 0 Å². The highest BCUT2D eigenvalue weighted by Gasteiger charge is 2.29. The Balaban J connectivity index is 1.86. The van der Waals surface area contributed by atoms with Crippen LogP contribution in [-0.2, 0) is 6.42 Å². The third-order valence-electron chi connectivity index (χ3n) is 5.18. The van der Waals surface area contributed by atoms with E-state index in [4.69, 9.17) is 5.73 Å². The van der Waals surface area contributed by atoms with E-state index in [-0.39, 0.29) is 0 Å². The van der Waals surface area contributed by atoms with Gasteiger partial charge in [-0.15, -0.1) is 0 Å². The average Bonchev–Trinajstić information content (AvgIpc) is 2.53. The molecule has 0 aromatic heterocycles. The lowest BCUT2D eigenvalue weighted by atomic mass is 9.83. The van der Waals surface area contributed by atoms with Crippen LogP contribution in [0.5, 0.6) is 5.75 Å². The van der Waals surface area contributed by atoms with Crippen LogP contribution in [0, 0.1) is 5.92 Å². The highest BCUT2D eigenvalue weighted by Crippen LogP contribution is 2.29. The van der Waals surface area contributed by atoms with Gasteiger partial charge in [0.1, 0.15) is 5.75 Å². The third-order valence-corrected chi connectivity index (χ3v) is 5.18. The van der Waals surface area contributed by atoms with E-state index in [9.17, 15) is 5.11 Å². The van der Waals surface area contributed by atoms with Gasteiger partial charge in [-0.1, -0.05) is 25.0 Å². The van der Waals surface area contributed by atoms with Crippen LogP contribution in [0.3, 0.4) is 0 Å². The summed E-state index contributed by atoms with van der Waals surface area (Å²) >= 11 is 0. The first-order chi connectivity index (χ1) is 10.1. The van der Waals surface area contributed by atoms with Gasteiger partial charge in [-0.2, -0.15) is 0 Å². The standard InChI is InChI=1S/C18H30N2O/c1-14(7-8-15-9-11-17(21)12-10-15)20(2)18-6-4-3-5-16(18)13-19/h9-12,14,16,18,21H,3-8,13,19H2,1-2H3. The van der Waals surface area contributed by atoms with Crippen LogP contribution in [0.4, 0.5) is 0 Å². The van der Waals surface area contributed by atoms with Crippen molar-refractivity contribution in [1.82, 2.24) is 4.90 Å². The molecule has 21 heavy (non-hydrogen) atoms. The molecule has 1 aromatic carbocycles. The molecule has 3 N–H and O–H groups in total. The Hall–Kier alpha value is -1.06. The quantitative estimate of drug-likeness (QED) is 0.846. The summed E-state index contributed by atoms with van der Waals surface area (Å²) in [6.07, 6.45) is 7.48. The zero-order valence-electron chi connectivity index (χ0n) is 13.5. The van der Waals surface area contributed by atoms with E-state index in [0.717, 1.165) is 19.4 Å². The van der Waals surface area contributed by atoms with Gasteiger partial charge in [0.2, 0.25) is 0 Å². The number of phenolic OH excluding ortho intramolecular Hbond substituents is 1. The molecule has 1 fully saturated rings. The van der Waals surface area contributed by atoms with Crippen molar-refractivity contribution in [3.8, 4) is 5.75 Å². The fourth-order valence-corrected chi connectivity index (χ4v) is 3.57. The largest absolute Gasteiger partial charge is 0.508 e. The molecule has 3 atom stereocenters. The molecule has 0 aliphatic heterocycles. The Morgan fingerprint density at radius 1 is 1.24 bits per heavy atom. The van der Waals surface area contributed by atoms with Crippen LogP contribution >= 0.6 is 0 Å². The summed E-state index contributed by atoms with van der Waals surface area (Å²) in [5, 5.41) is 9.33. The molecule has 1 saturated carbocycles. The highest BCUT2D eigenvalue weighted by molar-refractivity contribution is 5.25. The molecule has 118 valence electrons. The fraction of sp³-hybridized carbons (Fsp3) is 0.667. The molecule has 0 bridgehead atoms. The Morgan fingerprint density at radius 3 is 2.57 bits per heavy atom. The third kappa shape index (κ3) is 4.45. The summed E-state index contributed by atoms with van der Waals surface area (Å²) in [4.78, 5) is 2.55. The molecule has 0 saturated heterocycles. The summed E-state index contributed by atoms with van der Waals surface area (Å²) in [6, 6.07) is 8.80. The maximum Gasteiger partial charge on any atom is 0.115 e. The first-order valence-electron chi connectivity index (χ1n) is 8.31. The van der Waals surface area contributed by atoms with E-state index in [2.05, 4.69) is 18.9 Å². The maximum absolute atomic E-state index is 9.33. The number of nitrogens with two attached hydrogens (primary N) is 1. The van der Waals surface area contributed by atoms with Crippen LogP contribution in [-0.4, -0.2) is 35.7 Å². The number of phenols is 1. The molecule has 1 aliphatic carbocycles. The number of benzene rings is 1. The number of hydrogen-bond acceptors (Lipinski definition) is 3. The van der Waals surface area contributed by atoms with E-state index < -0.39 is 0 Å². The minimum atomic E-state index is 0.344. The van der Waals surface area contributed by atoms with E-state index in [1.54, 1.807) is 12.1 Å². The fourth-order valence-electron chi connectivity index (χ4n) is 3.57. The van der Waals surface area contributed by atoms with Crippen molar-refractivity contribution in [3.63, 3.8) is 0 Å². The predicted molar refractivity (Wildman–Crippen MR) is 88.5 cm³/mol. The SMILES string of the molecule is CC(CCc1ccc(O)cc1)N(C)C1CCCCC1CN. The molecule has 3 nitrogen and oxygen atoms in total. The van der Waals surface area contributed by atoms with Gasteiger partial charge in [0.15, 0.2) is 0 Å². The van der Waals surface area contributed by atoms with Crippen LogP contribution in [0.2, 0.25) is 0 Å². The summed E-state index contributed by atoms with van der Waals surface area (Å²) in [7, 11) is 2.26. The lowest BCUT2D eigenvalue weighted by Crippen LogP contribution is -2.47. The molecule has 0 spiro atoms. The molecule has 1 aliphatic rings. The van der Waals surface area contributed by atoms with Crippen molar-refractivity contribution in [2.45, 2.75) is 57.5 Å². The molecule has 0 radical (unpaired) electrons. The Kier molecular flexibility index (Phi) is 6.07. The minimum absolute atomic E-state index is 0.344. The molecule has 1 aromatic rings. The Morgan fingerprint density at radius 2 is 1.90 bits per heavy atom.